The molecule has 5 saturated heterocycles. The first-order valence-corrected chi connectivity index (χ1v) is 23.0. The van der Waals surface area contributed by atoms with Gasteiger partial charge >= 0.3 is 5.97 Å². The van der Waals surface area contributed by atoms with Crippen molar-refractivity contribution in [2.24, 2.45) is 23.7 Å². The van der Waals surface area contributed by atoms with Crippen LogP contribution >= 0.6 is 0 Å². The average molecular weight is 875 g/mol. The minimum atomic E-state index is -1.69. The molecule has 7 aliphatic rings. The highest BCUT2D eigenvalue weighted by atomic mass is 16.7. The fraction of sp³-hybridized carbons (Fsp3) is 0.812. The van der Waals surface area contributed by atoms with Crippen LogP contribution < -0.4 is 0 Å². The quantitative estimate of drug-likeness (QED) is 0.221. The Morgan fingerprint density at radius 3 is 2.27 bits per heavy atom. The number of ether oxygens (including phenoxy) is 11. The van der Waals surface area contributed by atoms with Crippen molar-refractivity contribution in [1.29, 1.82) is 0 Å². The molecule has 14 nitrogen and oxygen atoms in total. The molecule has 6 heterocycles. The van der Waals surface area contributed by atoms with Crippen LogP contribution in [0.5, 0.6) is 0 Å². The van der Waals surface area contributed by atoms with Gasteiger partial charge in [0.1, 0.15) is 42.0 Å². The third kappa shape index (κ3) is 9.73. The Morgan fingerprint density at radius 1 is 0.855 bits per heavy atom. The van der Waals surface area contributed by atoms with E-state index in [9.17, 15) is 15.0 Å². The van der Waals surface area contributed by atoms with Crippen LogP contribution in [0, 0.1) is 23.7 Å². The first kappa shape index (κ1) is 47.9. The van der Waals surface area contributed by atoms with E-state index in [1.54, 1.807) is 34.3 Å². The number of aliphatic hydroxyl groups is 2. The maximum absolute atomic E-state index is 14.4. The van der Waals surface area contributed by atoms with Gasteiger partial charge in [-0.25, -0.2) is 0 Å². The van der Waals surface area contributed by atoms with Crippen molar-refractivity contribution in [2.75, 3.05) is 27.9 Å². The summed E-state index contributed by atoms with van der Waals surface area (Å²) < 4.78 is 70.0. The number of hydrogen-bond donors (Lipinski definition) is 2. The zero-order valence-corrected chi connectivity index (χ0v) is 38.7. The van der Waals surface area contributed by atoms with Crippen molar-refractivity contribution in [3.8, 4) is 0 Å². The number of fused-ring (bicyclic) bond motifs is 2. The molecule has 0 aromatic rings. The SMILES string of the molecule is COC1CC(OC2C(C)OC(OC3C(C)=CCC4CC(CC5(CCC(C)C(C(C)C)O5)O4)OC(=O)C4C=C(C)C(OC)C5OCC(=CC=CC3C)C45O)CC2OC)OC(C)C1O. The summed E-state index contributed by atoms with van der Waals surface area (Å²) in [6.07, 6.45) is 6.91. The van der Waals surface area contributed by atoms with Crippen LogP contribution in [-0.2, 0) is 56.9 Å². The second kappa shape index (κ2) is 19.8. The standard InChI is InChI=1S/C48H74O14/c1-25(2)41-28(5)17-18-47(62-41)23-34-20-33(61-47)16-15-27(4)42(59-39-22-37(53-10)44(31(8)57-39)60-38-21-36(52-9)40(49)30(7)56-38)26(3)13-12-14-32-24-55-45-43(54-11)29(6)19-35(46(50)58-34)48(32,45)51/h12-15,19,25-26,28,30-31,33-45,49,51H,16-18,20-24H2,1-11H3. The third-order valence-corrected chi connectivity index (χ3v) is 14.6. The summed E-state index contributed by atoms with van der Waals surface area (Å²) in [6, 6.07) is 0. The molecule has 0 radical (unpaired) electrons. The molecule has 14 heteroatoms. The molecule has 0 saturated carbocycles. The van der Waals surface area contributed by atoms with Crippen molar-refractivity contribution in [3.63, 3.8) is 0 Å². The molecule has 0 aromatic heterocycles. The monoisotopic (exact) mass is 875 g/mol. The maximum Gasteiger partial charge on any atom is 0.316 e. The molecular formula is C48H74O14. The van der Waals surface area contributed by atoms with Gasteiger partial charge < -0.3 is 62.3 Å². The van der Waals surface area contributed by atoms with Gasteiger partial charge in [-0.3, -0.25) is 4.79 Å². The molecule has 5 fully saturated rings. The molecule has 62 heavy (non-hydrogen) atoms. The Hall–Kier alpha value is -2.05. The van der Waals surface area contributed by atoms with E-state index in [0.717, 1.165) is 17.6 Å². The molecule has 1 aliphatic carbocycles. The first-order valence-electron chi connectivity index (χ1n) is 23.0. The molecule has 2 bridgehead atoms. The van der Waals surface area contributed by atoms with E-state index < -0.39 is 90.8 Å². The van der Waals surface area contributed by atoms with Crippen molar-refractivity contribution < 1.29 is 67.1 Å². The molecule has 1 spiro atoms. The molecule has 19 atom stereocenters. The Balaban J connectivity index is 1.18. The number of carbonyl (C=O) groups excluding carboxylic acids is 1. The van der Waals surface area contributed by atoms with E-state index in [4.69, 9.17) is 52.1 Å². The number of allylic oxidation sites excluding steroid dienone is 2. The summed E-state index contributed by atoms with van der Waals surface area (Å²) in [5, 5.41) is 23.2. The third-order valence-electron chi connectivity index (χ3n) is 14.6. The van der Waals surface area contributed by atoms with Crippen LogP contribution in [0.1, 0.15) is 100 Å². The van der Waals surface area contributed by atoms with Crippen LogP contribution in [0.25, 0.3) is 0 Å². The second-order valence-corrected chi connectivity index (χ2v) is 19.4. The van der Waals surface area contributed by atoms with Gasteiger partial charge in [-0.15, -0.1) is 0 Å². The lowest BCUT2D eigenvalue weighted by molar-refractivity contribution is -0.340. The van der Waals surface area contributed by atoms with Crippen molar-refractivity contribution in [1.82, 2.24) is 0 Å². The molecule has 6 aliphatic heterocycles. The number of hydrogen-bond acceptors (Lipinski definition) is 14. The predicted molar refractivity (Wildman–Crippen MR) is 228 cm³/mol. The lowest BCUT2D eigenvalue weighted by Crippen LogP contribution is -2.58. The highest BCUT2D eigenvalue weighted by Gasteiger charge is 2.60. The van der Waals surface area contributed by atoms with Gasteiger partial charge in [0.2, 0.25) is 0 Å². The second-order valence-electron chi connectivity index (χ2n) is 19.4. The van der Waals surface area contributed by atoms with E-state index in [-0.39, 0.29) is 36.8 Å². The molecular weight excluding hydrogens is 801 g/mol. The van der Waals surface area contributed by atoms with Gasteiger partial charge in [0.25, 0.3) is 0 Å². The smallest absolute Gasteiger partial charge is 0.316 e. The Bertz CT molecular complexity index is 1680. The van der Waals surface area contributed by atoms with E-state index in [1.165, 1.54) is 0 Å². The molecule has 0 amide bonds. The van der Waals surface area contributed by atoms with Crippen molar-refractivity contribution >= 4 is 5.97 Å². The predicted octanol–water partition coefficient (Wildman–Crippen LogP) is 5.87. The van der Waals surface area contributed by atoms with Crippen LogP contribution in [0.4, 0.5) is 0 Å². The maximum atomic E-state index is 14.4. The first-order chi connectivity index (χ1) is 29.5. The summed E-state index contributed by atoms with van der Waals surface area (Å²) in [4.78, 5) is 14.4. The zero-order chi connectivity index (χ0) is 44.7. The molecule has 2 N–H and O–H groups in total. The van der Waals surface area contributed by atoms with Gasteiger partial charge in [-0.05, 0) is 69.1 Å². The minimum absolute atomic E-state index is 0.00755. The summed E-state index contributed by atoms with van der Waals surface area (Å²) in [7, 11) is 4.83. The van der Waals surface area contributed by atoms with E-state index in [0.29, 0.717) is 50.0 Å². The minimum Gasteiger partial charge on any atom is -0.462 e. The molecule has 7 rings (SSSR count). The fourth-order valence-electron chi connectivity index (χ4n) is 11.1. The van der Waals surface area contributed by atoms with Crippen LogP contribution in [0.3, 0.4) is 0 Å². The summed E-state index contributed by atoms with van der Waals surface area (Å²) in [6.45, 7) is 16.5. The average Bonchev–Trinajstić information content (AvgIpc) is 3.56. The van der Waals surface area contributed by atoms with Gasteiger partial charge in [-0.2, -0.15) is 0 Å². The normalized spacial score (nSPS) is 46.8. The number of methoxy groups -OCH3 is 3. The topological polar surface area (TPSA) is 159 Å². The summed E-state index contributed by atoms with van der Waals surface area (Å²) >= 11 is 0. The number of rotatable bonds is 8. The lowest BCUT2D eigenvalue weighted by atomic mass is 9.70. The summed E-state index contributed by atoms with van der Waals surface area (Å²) in [5.74, 6) is -1.94. The number of esters is 1. The Morgan fingerprint density at radius 2 is 1.56 bits per heavy atom. The van der Waals surface area contributed by atoms with Gasteiger partial charge in [-0.1, -0.05) is 58.1 Å². The van der Waals surface area contributed by atoms with E-state index in [1.807, 2.05) is 32.1 Å². The van der Waals surface area contributed by atoms with E-state index >= 15 is 0 Å². The molecule has 350 valence electrons. The van der Waals surface area contributed by atoms with Crippen LogP contribution in [0.2, 0.25) is 0 Å². The van der Waals surface area contributed by atoms with Crippen molar-refractivity contribution in [3.05, 3.63) is 47.1 Å². The van der Waals surface area contributed by atoms with E-state index in [2.05, 4.69) is 40.7 Å². The largest absolute Gasteiger partial charge is 0.462 e. The zero-order valence-electron chi connectivity index (χ0n) is 38.7. The highest BCUT2D eigenvalue weighted by molar-refractivity contribution is 5.78. The van der Waals surface area contributed by atoms with Gasteiger partial charge in [0, 0.05) is 59.4 Å². The highest BCUT2D eigenvalue weighted by Crippen LogP contribution is 2.48. The number of carbonyl (C=O) groups is 1. The lowest BCUT2D eigenvalue weighted by Gasteiger charge is -2.50. The molecule has 19 unspecified atom stereocenters. The number of aliphatic hydroxyl groups excluding tert-OH is 1. The van der Waals surface area contributed by atoms with Gasteiger partial charge in [0.05, 0.1) is 49.3 Å². The van der Waals surface area contributed by atoms with Crippen molar-refractivity contribution in [2.45, 2.75) is 198 Å². The Labute approximate surface area is 368 Å². The summed E-state index contributed by atoms with van der Waals surface area (Å²) in [5.41, 5.74) is 0.676. The molecule has 0 aromatic carbocycles. The van der Waals surface area contributed by atoms with Gasteiger partial charge in [0.15, 0.2) is 18.4 Å². The van der Waals surface area contributed by atoms with Crippen LogP contribution in [0.15, 0.2) is 47.1 Å². The Kier molecular flexibility index (Phi) is 15.3. The van der Waals surface area contributed by atoms with Crippen LogP contribution in [-0.4, -0.2) is 141 Å². The fourth-order valence-corrected chi connectivity index (χ4v) is 11.1.